The summed E-state index contributed by atoms with van der Waals surface area (Å²) in [4.78, 5) is 15.3. The first kappa shape index (κ1) is 23.2. The minimum absolute atomic E-state index is 0.0165. The largest absolute Gasteiger partial charge is 0.496 e. The summed E-state index contributed by atoms with van der Waals surface area (Å²) in [6.07, 6.45) is 2.70. The monoisotopic (exact) mass is 495 g/mol. The Labute approximate surface area is 204 Å². The summed E-state index contributed by atoms with van der Waals surface area (Å²) in [5.74, 6) is -0.821. The molecule has 0 unspecified atom stereocenters. The molecule has 1 N–H and O–H groups in total. The van der Waals surface area contributed by atoms with Crippen molar-refractivity contribution >= 4 is 33.0 Å². The summed E-state index contributed by atoms with van der Waals surface area (Å²) in [6.45, 7) is 2.01. The van der Waals surface area contributed by atoms with Crippen molar-refractivity contribution in [3.05, 3.63) is 77.6 Å². The number of hydrogen-bond donors (Lipinski definition) is 1. The van der Waals surface area contributed by atoms with Gasteiger partial charge in [-0.1, -0.05) is 18.2 Å². The standard InChI is InChI=1S/C26H26FN3O4S/c1-34-25-9-8-22(35(32,33)30-13-10-18-6-2-3-7-24(18)30)17-23(25)26(31)28-20-14-19(27)15-21(16-20)29-11-4-5-12-29/h2-3,6-9,14-17H,4-5,10-13H2,1H3,(H,28,31). The summed E-state index contributed by atoms with van der Waals surface area (Å²) >= 11 is 0. The number of para-hydroxylation sites is 1. The fourth-order valence-electron chi connectivity index (χ4n) is 4.71. The lowest BCUT2D eigenvalue weighted by molar-refractivity contribution is 0.102. The molecule has 2 heterocycles. The molecule has 0 aromatic heterocycles. The smallest absolute Gasteiger partial charge is 0.264 e. The maximum absolute atomic E-state index is 14.3. The molecule has 182 valence electrons. The van der Waals surface area contributed by atoms with Crippen LogP contribution in [-0.2, 0) is 16.4 Å². The van der Waals surface area contributed by atoms with Crippen molar-refractivity contribution in [2.75, 3.05) is 41.3 Å². The van der Waals surface area contributed by atoms with Crippen molar-refractivity contribution in [2.45, 2.75) is 24.2 Å². The quantitative estimate of drug-likeness (QED) is 0.547. The van der Waals surface area contributed by atoms with Crippen molar-refractivity contribution in [1.29, 1.82) is 0 Å². The highest BCUT2D eigenvalue weighted by atomic mass is 32.2. The van der Waals surface area contributed by atoms with Crippen LogP contribution in [-0.4, -0.2) is 41.1 Å². The highest BCUT2D eigenvalue weighted by molar-refractivity contribution is 7.92. The number of nitrogens with zero attached hydrogens (tertiary/aromatic N) is 2. The number of ether oxygens (including phenoxy) is 1. The lowest BCUT2D eigenvalue weighted by Crippen LogP contribution is -2.29. The molecule has 5 rings (SSSR count). The number of hydrogen-bond acceptors (Lipinski definition) is 5. The zero-order valence-electron chi connectivity index (χ0n) is 19.3. The van der Waals surface area contributed by atoms with Crippen LogP contribution in [0.4, 0.5) is 21.5 Å². The minimum Gasteiger partial charge on any atom is -0.496 e. The Morgan fingerprint density at radius 1 is 1.00 bits per heavy atom. The van der Waals surface area contributed by atoms with Crippen LogP contribution in [0.25, 0.3) is 0 Å². The summed E-state index contributed by atoms with van der Waals surface area (Å²) in [5, 5.41) is 2.71. The van der Waals surface area contributed by atoms with Crippen LogP contribution in [0.5, 0.6) is 5.75 Å². The molecular weight excluding hydrogens is 469 g/mol. The molecule has 1 saturated heterocycles. The number of rotatable bonds is 6. The third-order valence-electron chi connectivity index (χ3n) is 6.46. The van der Waals surface area contributed by atoms with Gasteiger partial charge in [-0.3, -0.25) is 9.10 Å². The van der Waals surface area contributed by atoms with E-state index in [0.717, 1.165) is 31.5 Å². The van der Waals surface area contributed by atoms with Crippen molar-refractivity contribution in [1.82, 2.24) is 0 Å². The number of anilines is 3. The highest BCUT2D eigenvalue weighted by Gasteiger charge is 2.31. The Kier molecular flexibility index (Phi) is 6.10. The third kappa shape index (κ3) is 4.43. The van der Waals surface area contributed by atoms with E-state index in [1.807, 2.05) is 12.1 Å². The average molecular weight is 496 g/mol. The number of halogens is 1. The molecule has 0 radical (unpaired) electrons. The normalized spacial score (nSPS) is 15.3. The SMILES string of the molecule is COc1ccc(S(=O)(=O)N2CCc3ccccc32)cc1C(=O)Nc1cc(F)cc(N2CCCC2)c1. The molecular formula is C26H26FN3O4S. The second-order valence-electron chi connectivity index (χ2n) is 8.66. The van der Waals surface area contributed by atoms with Crippen LogP contribution in [0, 0.1) is 5.82 Å². The Morgan fingerprint density at radius 3 is 2.54 bits per heavy atom. The van der Waals surface area contributed by atoms with Gasteiger partial charge in [0.05, 0.1) is 23.3 Å². The van der Waals surface area contributed by atoms with Gasteiger partial charge >= 0.3 is 0 Å². The minimum atomic E-state index is -3.90. The summed E-state index contributed by atoms with van der Waals surface area (Å²) < 4.78 is 47.9. The van der Waals surface area contributed by atoms with Gasteiger partial charge < -0.3 is 15.0 Å². The van der Waals surface area contributed by atoms with E-state index in [4.69, 9.17) is 4.74 Å². The Hall–Kier alpha value is -3.59. The molecule has 3 aromatic carbocycles. The molecule has 0 atom stereocenters. The fourth-order valence-corrected chi connectivity index (χ4v) is 6.24. The van der Waals surface area contributed by atoms with Gasteiger partial charge in [-0.25, -0.2) is 12.8 Å². The number of amides is 1. The Bertz CT molecular complexity index is 1390. The summed E-state index contributed by atoms with van der Waals surface area (Å²) in [7, 11) is -2.49. The molecule has 35 heavy (non-hydrogen) atoms. The molecule has 0 spiro atoms. The summed E-state index contributed by atoms with van der Waals surface area (Å²) in [6, 6.07) is 16.0. The van der Waals surface area contributed by atoms with Gasteiger partial charge in [0.25, 0.3) is 15.9 Å². The predicted molar refractivity (Wildman–Crippen MR) is 133 cm³/mol. The first-order chi connectivity index (χ1) is 16.9. The van der Waals surface area contributed by atoms with Crippen LogP contribution in [0.1, 0.15) is 28.8 Å². The number of carbonyl (C=O) groups is 1. The van der Waals surface area contributed by atoms with Crippen LogP contribution in [0.15, 0.2) is 65.6 Å². The van der Waals surface area contributed by atoms with E-state index in [1.165, 1.54) is 41.7 Å². The van der Waals surface area contributed by atoms with Gasteiger partial charge in [-0.15, -0.1) is 0 Å². The number of carbonyl (C=O) groups excluding carboxylic acids is 1. The Morgan fingerprint density at radius 2 is 1.77 bits per heavy atom. The maximum Gasteiger partial charge on any atom is 0.264 e. The molecule has 1 fully saturated rings. The van der Waals surface area contributed by atoms with Gasteiger partial charge in [-0.2, -0.15) is 0 Å². The highest BCUT2D eigenvalue weighted by Crippen LogP contribution is 2.34. The molecule has 2 aliphatic rings. The van der Waals surface area contributed by atoms with E-state index in [2.05, 4.69) is 10.2 Å². The van der Waals surface area contributed by atoms with E-state index >= 15 is 0 Å². The van der Waals surface area contributed by atoms with Gasteiger partial charge in [0.15, 0.2) is 0 Å². The molecule has 0 aliphatic carbocycles. The first-order valence-electron chi connectivity index (χ1n) is 11.5. The number of fused-ring (bicyclic) bond motifs is 1. The van der Waals surface area contributed by atoms with Crippen molar-refractivity contribution in [2.24, 2.45) is 0 Å². The van der Waals surface area contributed by atoms with Crippen molar-refractivity contribution in [3.8, 4) is 5.75 Å². The fraction of sp³-hybridized carbons (Fsp3) is 0.269. The van der Waals surface area contributed by atoms with Crippen molar-refractivity contribution in [3.63, 3.8) is 0 Å². The topological polar surface area (TPSA) is 79.0 Å². The van der Waals surface area contributed by atoms with Gasteiger partial charge in [-0.05, 0) is 67.3 Å². The molecule has 0 bridgehead atoms. The van der Waals surface area contributed by atoms with Gasteiger partial charge in [0, 0.05) is 31.0 Å². The van der Waals surface area contributed by atoms with Crippen LogP contribution in [0.3, 0.4) is 0 Å². The van der Waals surface area contributed by atoms with E-state index < -0.39 is 21.7 Å². The Balaban J connectivity index is 1.45. The maximum atomic E-state index is 14.3. The zero-order chi connectivity index (χ0) is 24.6. The van der Waals surface area contributed by atoms with E-state index in [1.54, 1.807) is 18.2 Å². The molecule has 7 nitrogen and oxygen atoms in total. The lowest BCUT2D eigenvalue weighted by atomic mass is 10.1. The molecule has 9 heteroatoms. The lowest BCUT2D eigenvalue weighted by Gasteiger charge is -2.21. The van der Waals surface area contributed by atoms with Gasteiger partial charge in [0.2, 0.25) is 0 Å². The molecule has 0 saturated carbocycles. The number of benzene rings is 3. The third-order valence-corrected chi connectivity index (χ3v) is 8.27. The summed E-state index contributed by atoms with van der Waals surface area (Å²) in [5.41, 5.74) is 2.65. The molecule has 2 aliphatic heterocycles. The second-order valence-corrected chi connectivity index (χ2v) is 10.5. The van der Waals surface area contributed by atoms with E-state index in [9.17, 15) is 17.6 Å². The van der Waals surface area contributed by atoms with Crippen LogP contribution < -0.4 is 19.3 Å². The first-order valence-corrected chi connectivity index (χ1v) is 13.0. The van der Waals surface area contributed by atoms with Gasteiger partial charge in [0.1, 0.15) is 11.6 Å². The second kappa shape index (κ2) is 9.22. The van der Waals surface area contributed by atoms with E-state index in [0.29, 0.717) is 30.0 Å². The van der Waals surface area contributed by atoms with Crippen LogP contribution >= 0.6 is 0 Å². The molecule has 3 aromatic rings. The number of methoxy groups -OCH3 is 1. The number of nitrogens with one attached hydrogen (secondary N) is 1. The average Bonchev–Trinajstić information content (AvgIpc) is 3.54. The predicted octanol–water partition coefficient (Wildman–Crippen LogP) is 4.44. The zero-order valence-corrected chi connectivity index (χ0v) is 20.1. The molecule has 1 amide bonds. The van der Waals surface area contributed by atoms with Crippen LogP contribution in [0.2, 0.25) is 0 Å². The number of sulfonamides is 1. The van der Waals surface area contributed by atoms with E-state index in [-0.39, 0.29) is 16.2 Å². The van der Waals surface area contributed by atoms with Crippen molar-refractivity contribution < 1.29 is 22.3 Å².